The van der Waals surface area contributed by atoms with Crippen molar-refractivity contribution in [3.63, 3.8) is 0 Å². The molecule has 0 aliphatic carbocycles. The van der Waals surface area contributed by atoms with Crippen LogP contribution in [0.3, 0.4) is 0 Å². The Morgan fingerprint density at radius 3 is 2.68 bits per heavy atom. The average molecular weight is 369 g/mol. The summed E-state index contributed by atoms with van der Waals surface area (Å²) < 4.78 is 0. The molecule has 1 saturated heterocycles. The lowest BCUT2D eigenvalue weighted by molar-refractivity contribution is -0.115. The van der Waals surface area contributed by atoms with Gasteiger partial charge in [0.15, 0.2) is 5.82 Å². The van der Waals surface area contributed by atoms with Crippen molar-refractivity contribution in [3.8, 4) is 11.4 Å². The van der Waals surface area contributed by atoms with E-state index in [-0.39, 0.29) is 11.1 Å². The molecule has 0 spiro atoms. The van der Waals surface area contributed by atoms with Crippen molar-refractivity contribution in [2.24, 2.45) is 0 Å². The summed E-state index contributed by atoms with van der Waals surface area (Å²) in [6.07, 6.45) is 2.48. The summed E-state index contributed by atoms with van der Waals surface area (Å²) >= 11 is 2.44. The van der Waals surface area contributed by atoms with E-state index in [9.17, 15) is 9.59 Å². The third kappa shape index (κ3) is 3.37. The van der Waals surface area contributed by atoms with Gasteiger partial charge < -0.3 is 0 Å². The van der Waals surface area contributed by atoms with Gasteiger partial charge in [-0.1, -0.05) is 30.3 Å². The molecule has 9 heteroatoms. The van der Waals surface area contributed by atoms with Crippen LogP contribution in [0.15, 0.2) is 41.3 Å². The molecular formula is C16H11N5O2S2. The largest absolute Gasteiger partial charge is 0.290 e. The summed E-state index contributed by atoms with van der Waals surface area (Å²) in [5, 5.41) is 15.8. The highest BCUT2D eigenvalue weighted by Gasteiger charge is 2.26. The van der Waals surface area contributed by atoms with Gasteiger partial charge in [-0.15, -0.1) is 16.4 Å². The van der Waals surface area contributed by atoms with Crippen LogP contribution in [0.4, 0.5) is 4.79 Å². The number of aromatic amines is 1. The zero-order valence-electron chi connectivity index (χ0n) is 12.7. The lowest BCUT2D eigenvalue weighted by Crippen LogP contribution is -2.17. The standard InChI is InChI=1S/C16H11N5O2S2/c22-15-13(25-16(23)17-15)8-12-11(14-18-20-21-19-14)7-10(24-12)6-9-4-2-1-3-5-9/h1-5,7-8H,6H2,(H,17,22,23)(H,18,19,20,21). The third-order valence-corrected chi connectivity index (χ3v) is 5.43. The molecule has 1 aliphatic rings. The Morgan fingerprint density at radius 1 is 1.16 bits per heavy atom. The Balaban J connectivity index is 1.73. The van der Waals surface area contributed by atoms with E-state index in [0.29, 0.717) is 10.7 Å². The van der Waals surface area contributed by atoms with Crippen LogP contribution in [0.25, 0.3) is 17.5 Å². The number of imide groups is 1. The molecule has 0 atom stereocenters. The van der Waals surface area contributed by atoms with Crippen molar-refractivity contribution < 1.29 is 9.59 Å². The lowest BCUT2D eigenvalue weighted by atomic mass is 10.1. The molecule has 0 unspecified atom stereocenters. The van der Waals surface area contributed by atoms with Gasteiger partial charge in [0.25, 0.3) is 11.1 Å². The van der Waals surface area contributed by atoms with Gasteiger partial charge in [0.2, 0.25) is 0 Å². The number of nitrogens with zero attached hydrogens (tertiary/aromatic N) is 3. The fourth-order valence-corrected chi connectivity index (χ4v) is 4.33. The first kappa shape index (κ1) is 15.7. The minimum absolute atomic E-state index is 0.361. The topological polar surface area (TPSA) is 101 Å². The van der Waals surface area contributed by atoms with E-state index in [1.54, 1.807) is 17.4 Å². The second-order valence-corrected chi connectivity index (χ2v) is 7.44. The fourth-order valence-electron chi connectivity index (χ4n) is 2.45. The molecule has 2 N–H and O–H groups in total. The van der Waals surface area contributed by atoms with Crippen LogP contribution in [-0.4, -0.2) is 31.8 Å². The zero-order chi connectivity index (χ0) is 17.2. The summed E-state index contributed by atoms with van der Waals surface area (Å²) in [5.74, 6) is 0.145. The highest BCUT2D eigenvalue weighted by molar-refractivity contribution is 8.18. The average Bonchev–Trinajstić information content (AvgIpc) is 3.30. The predicted octanol–water partition coefficient (Wildman–Crippen LogP) is 2.84. The summed E-state index contributed by atoms with van der Waals surface area (Å²) in [4.78, 5) is 25.5. The summed E-state index contributed by atoms with van der Waals surface area (Å²) in [6, 6.07) is 12.1. The lowest BCUT2D eigenvalue weighted by Gasteiger charge is -1.96. The van der Waals surface area contributed by atoms with Gasteiger partial charge in [0.1, 0.15) is 0 Å². The van der Waals surface area contributed by atoms with E-state index < -0.39 is 0 Å². The molecule has 0 saturated carbocycles. The number of hydrogen-bond acceptors (Lipinski definition) is 7. The molecule has 25 heavy (non-hydrogen) atoms. The van der Waals surface area contributed by atoms with Gasteiger partial charge in [0.05, 0.1) is 4.91 Å². The van der Waals surface area contributed by atoms with Crippen molar-refractivity contribution in [1.82, 2.24) is 25.9 Å². The number of aromatic nitrogens is 4. The number of benzene rings is 1. The van der Waals surface area contributed by atoms with E-state index in [1.807, 2.05) is 24.3 Å². The van der Waals surface area contributed by atoms with Crippen molar-refractivity contribution in [2.45, 2.75) is 6.42 Å². The SMILES string of the molecule is O=C1NC(=O)C(=Cc2sc(Cc3ccccc3)cc2-c2nnn[nH]2)S1. The molecule has 4 rings (SSSR count). The molecule has 3 aromatic rings. The normalized spacial score (nSPS) is 15.8. The number of hydrogen-bond donors (Lipinski definition) is 2. The Morgan fingerprint density at radius 2 is 2.00 bits per heavy atom. The zero-order valence-corrected chi connectivity index (χ0v) is 14.4. The minimum Gasteiger partial charge on any atom is -0.282 e. The summed E-state index contributed by atoms with van der Waals surface area (Å²) in [5.41, 5.74) is 1.99. The first-order valence-corrected chi connectivity index (χ1v) is 8.98. The molecule has 3 heterocycles. The maximum Gasteiger partial charge on any atom is 0.290 e. The van der Waals surface area contributed by atoms with E-state index in [2.05, 4.69) is 38.1 Å². The first-order valence-electron chi connectivity index (χ1n) is 7.34. The number of thioether (sulfide) groups is 1. The van der Waals surface area contributed by atoms with Crippen LogP contribution < -0.4 is 5.32 Å². The predicted molar refractivity (Wildman–Crippen MR) is 95.8 cm³/mol. The third-order valence-electron chi connectivity index (χ3n) is 3.54. The molecule has 1 aromatic carbocycles. The minimum atomic E-state index is -0.380. The number of carbonyl (C=O) groups excluding carboxylic acids is 2. The van der Waals surface area contributed by atoms with Crippen LogP contribution in [0.1, 0.15) is 15.3 Å². The summed E-state index contributed by atoms with van der Waals surface area (Å²) in [6.45, 7) is 0. The molecule has 1 aliphatic heterocycles. The van der Waals surface area contributed by atoms with Crippen LogP contribution in [-0.2, 0) is 11.2 Å². The smallest absolute Gasteiger partial charge is 0.282 e. The Kier molecular flexibility index (Phi) is 4.16. The summed E-state index contributed by atoms with van der Waals surface area (Å²) in [7, 11) is 0. The molecule has 2 amide bonds. The number of rotatable bonds is 4. The molecule has 124 valence electrons. The highest BCUT2D eigenvalue weighted by Crippen LogP contribution is 2.35. The van der Waals surface area contributed by atoms with E-state index in [4.69, 9.17) is 0 Å². The van der Waals surface area contributed by atoms with Gasteiger partial charge in [-0.05, 0) is 39.9 Å². The molecule has 1 fully saturated rings. The number of H-pyrrole nitrogens is 1. The molecule has 0 bridgehead atoms. The second-order valence-electron chi connectivity index (χ2n) is 5.26. The van der Waals surface area contributed by atoms with Gasteiger partial charge in [-0.2, -0.15) is 0 Å². The van der Waals surface area contributed by atoms with Gasteiger partial charge in [0, 0.05) is 21.7 Å². The van der Waals surface area contributed by atoms with E-state index in [0.717, 1.165) is 33.5 Å². The van der Waals surface area contributed by atoms with Crippen LogP contribution in [0, 0.1) is 0 Å². The number of thiophene rings is 1. The monoisotopic (exact) mass is 369 g/mol. The maximum absolute atomic E-state index is 11.8. The molecule has 2 aromatic heterocycles. The van der Waals surface area contributed by atoms with E-state index >= 15 is 0 Å². The number of carbonyl (C=O) groups is 2. The Labute approximate surface area is 150 Å². The van der Waals surface area contributed by atoms with Crippen LogP contribution in [0.2, 0.25) is 0 Å². The Bertz CT molecular complexity index is 964. The second kappa shape index (κ2) is 6.61. The van der Waals surface area contributed by atoms with Crippen molar-refractivity contribution >= 4 is 40.3 Å². The van der Waals surface area contributed by atoms with Gasteiger partial charge in [-0.25, -0.2) is 5.10 Å². The van der Waals surface area contributed by atoms with Gasteiger partial charge >= 0.3 is 0 Å². The number of nitrogens with one attached hydrogen (secondary N) is 2. The van der Waals surface area contributed by atoms with E-state index in [1.165, 1.54) is 5.56 Å². The number of amides is 2. The maximum atomic E-state index is 11.8. The number of tetrazole rings is 1. The van der Waals surface area contributed by atoms with Crippen LogP contribution in [0.5, 0.6) is 0 Å². The Hall–Kier alpha value is -2.78. The molecule has 7 nitrogen and oxygen atoms in total. The quantitative estimate of drug-likeness (QED) is 0.686. The fraction of sp³-hybridized carbons (Fsp3) is 0.0625. The van der Waals surface area contributed by atoms with Gasteiger partial charge in [-0.3, -0.25) is 14.9 Å². The van der Waals surface area contributed by atoms with Crippen LogP contribution >= 0.6 is 23.1 Å². The first-order chi connectivity index (χ1) is 12.2. The van der Waals surface area contributed by atoms with Crippen molar-refractivity contribution in [2.75, 3.05) is 0 Å². The molecule has 0 radical (unpaired) electrons. The highest BCUT2D eigenvalue weighted by atomic mass is 32.2. The van der Waals surface area contributed by atoms with Crippen molar-refractivity contribution in [3.05, 3.63) is 56.6 Å². The molecular weight excluding hydrogens is 358 g/mol. The van der Waals surface area contributed by atoms with Crippen molar-refractivity contribution in [1.29, 1.82) is 0 Å².